The first-order valence-electron chi connectivity index (χ1n) is 6.77. The minimum Gasteiger partial charge on any atom is -0.397 e. The van der Waals surface area contributed by atoms with Gasteiger partial charge in [-0.25, -0.2) is 0 Å². The highest BCUT2D eigenvalue weighted by atomic mass is 35.5. The van der Waals surface area contributed by atoms with Crippen molar-refractivity contribution in [3.8, 4) is 0 Å². The average molecular weight is 267 g/mol. The molecule has 0 saturated heterocycles. The molecule has 0 amide bonds. The molecule has 0 heterocycles. The van der Waals surface area contributed by atoms with Crippen LogP contribution in [0.15, 0.2) is 18.2 Å². The predicted molar refractivity (Wildman–Crippen MR) is 80.2 cm³/mol. The maximum atomic E-state index is 6.07. The number of hydrogen-bond acceptors (Lipinski definition) is 2. The molecule has 0 aliphatic heterocycles. The van der Waals surface area contributed by atoms with Gasteiger partial charge in [-0.15, -0.1) is 0 Å². The summed E-state index contributed by atoms with van der Waals surface area (Å²) in [4.78, 5) is 2.31. The molecule has 0 aromatic heterocycles. The van der Waals surface area contributed by atoms with Crippen molar-refractivity contribution in [1.29, 1.82) is 0 Å². The Kier molecular flexibility index (Phi) is 4.06. The number of nitrogens with zero attached hydrogens (tertiary/aromatic N) is 1. The third-order valence-corrected chi connectivity index (χ3v) is 4.73. The maximum absolute atomic E-state index is 6.07. The van der Waals surface area contributed by atoms with Crippen molar-refractivity contribution in [3.05, 3.63) is 23.2 Å². The number of anilines is 2. The molecule has 1 aromatic carbocycles. The van der Waals surface area contributed by atoms with Gasteiger partial charge in [0.05, 0.1) is 11.4 Å². The number of rotatable bonds is 2. The molecular weight excluding hydrogens is 244 g/mol. The number of benzene rings is 1. The van der Waals surface area contributed by atoms with E-state index in [9.17, 15) is 0 Å². The van der Waals surface area contributed by atoms with Gasteiger partial charge in [-0.3, -0.25) is 0 Å². The minimum atomic E-state index is 0.581. The molecule has 1 saturated carbocycles. The van der Waals surface area contributed by atoms with Gasteiger partial charge in [0, 0.05) is 18.1 Å². The lowest BCUT2D eigenvalue weighted by molar-refractivity contribution is 0.247. The Bertz CT molecular complexity index is 419. The summed E-state index contributed by atoms with van der Waals surface area (Å²) in [5, 5.41) is 0.753. The quantitative estimate of drug-likeness (QED) is 0.814. The van der Waals surface area contributed by atoms with Crippen molar-refractivity contribution in [3.63, 3.8) is 0 Å². The molecule has 3 heteroatoms. The molecule has 3 atom stereocenters. The summed E-state index contributed by atoms with van der Waals surface area (Å²) in [5.41, 5.74) is 7.94. The lowest BCUT2D eigenvalue weighted by atomic mass is 9.78. The second-order valence-corrected chi connectivity index (χ2v) is 6.17. The van der Waals surface area contributed by atoms with E-state index < -0.39 is 0 Å². The SMILES string of the molecule is CC1CCC(N(C)c2cc(Cl)ccc2N)CC1C. The van der Waals surface area contributed by atoms with Crippen LogP contribution < -0.4 is 10.6 Å². The lowest BCUT2D eigenvalue weighted by Crippen LogP contribution is -2.38. The monoisotopic (exact) mass is 266 g/mol. The molecule has 2 nitrogen and oxygen atoms in total. The van der Waals surface area contributed by atoms with Gasteiger partial charge in [0.25, 0.3) is 0 Å². The van der Waals surface area contributed by atoms with Crippen molar-refractivity contribution in [2.24, 2.45) is 11.8 Å². The standard InChI is InChI=1S/C15H23ClN2/c1-10-4-6-13(8-11(10)2)18(3)15-9-12(16)5-7-14(15)17/h5,7,9-11,13H,4,6,8,17H2,1-3H3. The van der Waals surface area contributed by atoms with Crippen LogP contribution in [0.25, 0.3) is 0 Å². The number of hydrogen-bond donors (Lipinski definition) is 1. The topological polar surface area (TPSA) is 29.3 Å². The van der Waals surface area contributed by atoms with Gasteiger partial charge in [-0.1, -0.05) is 25.4 Å². The molecule has 2 N–H and O–H groups in total. The summed E-state index contributed by atoms with van der Waals surface area (Å²) in [7, 11) is 2.13. The summed E-state index contributed by atoms with van der Waals surface area (Å²) in [6.45, 7) is 4.71. The highest BCUT2D eigenvalue weighted by molar-refractivity contribution is 6.31. The summed E-state index contributed by atoms with van der Waals surface area (Å²) in [5.74, 6) is 1.62. The van der Waals surface area contributed by atoms with Crippen LogP contribution in [0.3, 0.4) is 0 Å². The normalized spacial score (nSPS) is 28.1. The molecule has 18 heavy (non-hydrogen) atoms. The van der Waals surface area contributed by atoms with E-state index in [1.807, 2.05) is 18.2 Å². The molecule has 3 unspecified atom stereocenters. The molecule has 1 aliphatic rings. The largest absolute Gasteiger partial charge is 0.397 e. The van der Waals surface area contributed by atoms with Crippen LogP contribution in [0.5, 0.6) is 0 Å². The van der Waals surface area contributed by atoms with Gasteiger partial charge in [-0.05, 0) is 49.3 Å². The maximum Gasteiger partial charge on any atom is 0.0614 e. The highest BCUT2D eigenvalue weighted by Crippen LogP contribution is 2.35. The Morgan fingerprint density at radius 2 is 1.94 bits per heavy atom. The molecule has 1 aliphatic carbocycles. The van der Waals surface area contributed by atoms with E-state index in [-0.39, 0.29) is 0 Å². The van der Waals surface area contributed by atoms with Gasteiger partial charge in [0.1, 0.15) is 0 Å². The summed E-state index contributed by atoms with van der Waals surface area (Å²) in [6, 6.07) is 6.29. The van der Waals surface area contributed by atoms with E-state index in [4.69, 9.17) is 17.3 Å². The highest BCUT2D eigenvalue weighted by Gasteiger charge is 2.27. The molecule has 0 spiro atoms. The van der Waals surface area contributed by atoms with Crippen molar-refractivity contribution < 1.29 is 0 Å². The molecule has 100 valence electrons. The first kappa shape index (κ1) is 13.5. The van der Waals surface area contributed by atoms with Gasteiger partial charge in [-0.2, -0.15) is 0 Å². The van der Waals surface area contributed by atoms with Crippen LogP contribution in [-0.2, 0) is 0 Å². The van der Waals surface area contributed by atoms with Crippen molar-refractivity contribution in [2.75, 3.05) is 17.7 Å². The zero-order chi connectivity index (χ0) is 13.3. The Balaban J connectivity index is 2.16. The molecule has 1 aromatic rings. The van der Waals surface area contributed by atoms with Crippen molar-refractivity contribution in [1.82, 2.24) is 0 Å². The van der Waals surface area contributed by atoms with Crippen LogP contribution in [0.1, 0.15) is 33.1 Å². The smallest absolute Gasteiger partial charge is 0.0614 e. The van der Waals surface area contributed by atoms with Gasteiger partial charge < -0.3 is 10.6 Å². The summed E-state index contributed by atoms with van der Waals surface area (Å²) in [6.07, 6.45) is 3.79. The van der Waals surface area contributed by atoms with Crippen LogP contribution in [0, 0.1) is 11.8 Å². The zero-order valence-electron chi connectivity index (χ0n) is 11.5. The first-order chi connectivity index (χ1) is 8.49. The van der Waals surface area contributed by atoms with Crippen molar-refractivity contribution in [2.45, 2.75) is 39.2 Å². The van der Waals surface area contributed by atoms with E-state index in [1.165, 1.54) is 19.3 Å². The van der Waals surface area contributed by atoms with Gasteiger partial charge in [0.15, 0.2) is 0 Å². The van der Waals surface area contributed by atoms with Gasteiger partial charge in [0.2, 0.25) is 0 Å². The fraction of sp³-hybridized carbons (Fsp3) is 0.600. The van der Waals surface area contributed by atoms with Crippen LogP contribution in [0.4, 0.5) is 11.4 Å². The van der Waals surface area contributed by atoms with E-state index in [0.29, 0.717) is 6.04 Å². The second kappa shape index (κ2) is 5.40. The summed E-state index contributed by atoms with van der Waals surface area (Å²) < 4.78 is 0. The van der Waals surface area contributed by atoms with Crippen LogP contribution in [-0.4, -0.2) is 13.1 Å². The Hall–Kier alpha value is -0.890. The number of nitrogens with two attached hydrogens (primary N) is 1. The molecule has 0 radical (unpaired) electrons. The van der Waals surface area contributed by atoms with Crippen molar-refractivity contribution >= 4 is 23.0 Å². The van der Waals surface area contributed by atoms with E-state index in [0.717, 1.165) is 28.2 Å². The van der Waals surface area contributed by atoms with E-state index >= 15 is 0 Å². The van der Waals surface area contributed by atoms with Crippen LogP contribution >= 0.6 is 11.6 Å². The third-order valence-electron chi connectivity index (χ3n) is 4.49. The minimum absolute atomic E-state index is 0.581. The Morgan fingerprint density at radius 1 is 1.22 bits per heavy atom. The molecular formula is C15H23ClN2. The average Bonchev–Trinajstić information content (AvgIpc) is 2.35. The fourth-order valence-electron chi connectivity index (χ4n) is 2.89. The van der Waals surface area contributed by atoms with E-state index in [2.05, 4.69) is 25.8 Å². The van der Waals surface area contributed by atoms with Crippen LogP contribution in [0.2, 0.25) is 5.02 Å². The summed E-state index contributed by atoms with van der Waals surface area (Å²) >= 11 is 6.07. The predicted octanol–water partition coefficient (Wildman–Crippen LogP) is 4.18. The van der Waals surface area contributed by atoms with E-state index in [1.54, 1.807) is 0 Å². The molecule has 2 rings (SSSR count). The molecule has 1 fully saturated rings. The number of nitrogen functional groups attached to an aromatic ring is 1. The lowest BCUT2D eigenvalue weighted by Gasteiger charge is -2.39. The Morgan fingerprint density at radius 3 is 2.61 bits per heavy atom. The zero-order valence-corrected chi connectivity index (χ0v) is 12.2. The van der Waals surface area contributed by atoms with Gasteiger partial charge >= 0.3 is 0 Å². The first-order valence-corrected chi connectivity index (χ1v) is 7.14. The third kappa shape index (κ3) is 2.74. The number of halogens is 1. The Labute approximate surface area is 115 Å². The molecule has 0 bridgehead atoms. The second-order valence-electron chi connectivity index (χ2n) is 5.74. The fourth-order valence-corrected chi connectivity index (χ4v) is 3.06.